The van der Waals surface area contributed by atoms with Crippen molar-refractivity contribution in [2.24, 2.45) is 5.92 Å². The van der Waals surface area contributed by atoms with Crippen LogP contribution >= 0.6 is 0 Å². The van der Waals surface area contributed by atoms with Gasteiger partial charge in [0.25, 0.3) is 5.91 Å². The molecule has 0 atom stereocenters. The van der Waals surface area contributed by atoms with E-state index in [1.165, 1.54) is 7.11 Å². The molecular weight excluding hydrogens is 256 g/mol. The van der Waals surface area contributed by atoms with Gasteiger partial charge in [0.15, 0.2) is 0 Å². The van der Waals surface area contributed by atoms with Crippen LogP contribution in [-0.4, -0.2) is 30.0 Å². The summed E-state index contributed by atoms with van der Waals surface area (Å²) in [6.07, 6.45) is 4.75. The summed E-state index contributed by atoms with van der Waals surface area (Å²) in [6, 6.07) is 3.80. The zero-order chi connectivity index (χ0) is 14.5. The van der Waals surface area contributed by atoms with Gasteiger partial charge in [0, 0.05) is 12.2 Å². The summed E-state index contributed by atoms with van der Waals surface area (Å²) in [7, 11) is 1.42. The predicted molar refractivity (Wildman–Crippen MR) is 74.2 cm³/mol. The van der Waals surface area contributed by atoms with Crippen molar-refractivity contribution in [2.75, 3.05) is 7.11 Å². The van der Waals surface area contributed by atoms with Crippen LogP contribution in [0.25, 0.3) is 0 Å². The normalized spacial score (nSPS) is 22.1. The van der Waals surface area contributed by atoms with Crippen LogP contribution in [-0.2, 0) is 9.53 Å². The van der Waals surface area contributed by atoms with E-state index in [4.69, 9.17) is 4.74 Å². The molecule has 1 heterocycles. The van der Waals surface area contributed by atoms with Crippen molar-refractivity contribution in [1.82, 2.24) is 10.3 Å². The number of carbonyl (C=O) groups is 2. The molecule has 0 aliphatic heterocycles. The third-order valence-electron chi connectivity index (χ3n) is 3.82. The summed E-state index contributed by atoms with van der Waals surface area (Å²) < 4.78 is 4.75. The Hall–Kier alpha value is -1.91. The fourth-order valence-corrected chi connectivity index (χ4v) is 2.62. The second-order valence-electron chi connectivity index (χ2n) is 5.21. The minimum absolute atomic E-state index is 0.0234. The summed E-state index contributed by atoms with van der Waals surface area (Å²) in [4.78, 5) is 27.7. The molecular formula is C15H20N2O3. The molecule has 1 aromatic rings. The summed E-state index contributed by atoms with van der Waals surface area (Å²) in [5.41, 5.74) is 1.34. The maximum Gasteiger partial charge on any atom is 0.308 e. The van der Waals surface area contributed by atoms with Gasteiger partial charge in [-0.3, -0.25) is 14.6 Å². The van der Waals surface area contributed by atoms with Crippen LogP contribution in [0, 0.1) is 12.8 Å². The fourth-order valence-electron chi connectivity index (χ4n) is 2.62. The number of hydrogen-bond acceptors (Lipinski definition) is 4. The van der Waals surface area contributed by atoms with Crippen molar-refractivity contribution in [3.05, 3.63) is 29.6 Å². The van der Waals surface area contributed by atoms with Gasteiger partial charge in [-0.1, -0.05) is 6.07 Å². The van der Waals surface area contributed by atoms with Gasteiger partial charge in [-0.25, -0.2) is 0 Å². The first kappa shape index (κ1) is 14.5. The largest absolute Gasteiger partial charge is 0.469 e. The second kappa shape index (κ2) is 6.50. The minimum Gasteiger partial charge on any atom is -0.469 e. The number of carbonyl (C=O) groups excluding carboxylic acids is 2. The number of esters is 1. The predicted octanol–water partition coefficient (Wildman–Crippen LogP) is 1.85. The number of hydrogen-bond donors (Lipinski definition) is 1. The number of amides is 1. The Morgan fingerprint density at radius 1 is 1.30 bits per heavy atom. The molecule has 1 fully saturated rings. The lowest BCUT2D eigenvalue weighted by Crippen LogP contribution is -2.39. The quantitative estimate of drug-likeness (QED) is 0.855. The van der Waals surface area contributed by atoms with Gasteiger partial charge in [0.05, 0.1) is 13.0 Å². The molecule has 1 aliphatic rings. The molecule has 0 unspecified atom stereocenters. The zero-order valence-corrected chi connectivity index (χ0v) is 11.9. The van der Waals surface area contributed by atoms with Gasteiger partial charge in [-0.05, 0) is 44.2 Å². The Kier molecular flexibility index (Phi) is 4.71. The molecule has 1 aliphatic carbocycles. The van der Waals surface area contributed by atoms with Crippen LogP contribution in [0.4, 0.5) is 0 Å². The highest BCUT2D eigenvalue weighted by atomic mass is 16.5. The standard InChI is InChI=1S/C15H20N2O3/c1-10-4-3-9-16-13(10)14(18)17-12-7-5-11(6-8-12)15(19)20-2/h3-4,9,11-12H,5-8H2,1-2H3,(H,17,18). The molecule has 0 saturated heterocycles. The Morgan fingerprint density at radius 2 is 2.00 bits per heavy atom. The molecule has 0 aromatic carbocycles. The number of aryl methyl sites for hydroxylation is 1. The van der Waals surface area contributed by atoms with Gasteiger partial charge in [-0.2, -0.15) is 0 Å². The van der Waals surface area contributed by atoms with E-state index in [9.17, 15) is 9.59 Å². The highest BCUT2D eigenvalue weighted by Gasteiger charge is 2.28. The molecule has 108 valence electrons. The lowest BCUT2D eigenvalue weighted by molar-refractivity contribution is -0.146. The smallest absolute Gasteiger partial charge is 0.308 e. The lowest BCUT2D eigenvalue weighted by Gasteiger charge is -2.27. The molecule has 1 saturated carbocycles. The van der Waals surface area contributed by atoms with Crippen LogP contribution in [0.3, 0.4) is 0 Å². The number of methoxy groups -OCH3 is 1. The monoisotopic (exact) mass is 276 g/mol. The second-order valence-corrected chi connectivity index (χ2v) is 5.21. The van der Waals surface area contributed by atoms with Crippen molar-refractivity contribution < 1.29 is 14.3 Å². The number of pyridine rings is 1. The topological polar surface area (TPSA) is 68.3 Å². The van der Waals surface area contributed by atoms with Gasteiger partial charge >= 0.3 is 5.97 Å². The minimum atomic E-state index is -0.143. The van der Waals surface area contributed by atoms with E-state index in [1.54, 1.807) is 6.20 Å². The molecule has 1 N–H and O–H groups in total. The van der Waals surface area contributed by atoms with E-state index < -0.39 is 0 Å². The van der Waals surface area contributed by atoms with Crippen molar-refractivity contribution >= 4 is 11.9 Å². The van der Waals surface area contributed by atoms with Crippen molar-refractivity contribution in [1.29, 1.82) is 0 Å². The Bertz CT molecular complexity index is 494. The first-order valence-electron chi connectivity index (χ1n) is 6.92. The summed E-state index contributed by atoms with van der Waals surface area (Å²) >= 11 is 0. The molecule has 0 spiro atoms. The molecule has 2 rings (SSSR count). The summed E-state index contributed by atoms with van der Waals surface area (Å²) in [5, 5.41) is 3.00. The third-order valence-corrected chi connectivity index (χ3v) is 3.82. The molecule has 1 aromatic heterocycles. The number of nitrogens with one attached hydrogen (secondary N) is 1. The first-order valence-corrected chi connectivity index (χ1v) is 6.92. The number of nitrogens with zero attached hydrogens (tertiary/aromatic N) is 1. The van der Waals surface area contributed by atoms with Crippen molar-refractivity contribution in [3.63, 3.8) is 0 Å². The maximum absolute atomic E-state index is 12.1. The zero-order valence-electron chi connectivity index (χ0n) is 11.9. The van der Waals surface area contributed by atoms with E-state index in [-0.39, 0.29) is 23.8 Å². The Morgan fingerprint density at radius 3 is 2.60 bits per heavy atom. The molecule has 0 bridgehead atoms. The molecule has 5 nitrogen and oxygen atoms in total. The number of aromatic nitrogens is 1. The maximum atomic E-state index is 12.1. The van der Waals surface area contributed by atoms with E-state index in [1.807, 2.05) is 19.1 Å². The average molecular weight is 276 g/mol. The number of rotatable bonds is 3. The van der Waals surface area contributed by atoms with Crippen LogP contribution in [0.15, 0.2) is 18.3 Å². The lowest BCUT2D eigenvalue weighted by atomic mass is 9.86. The van der Waals surface area contributed by atoms with Gasteiger partial charge in [0.2, 0.25) is 0 Å². The Balaban J connectivity index is 1.88. The highest BCUT2D eigenvalue weighted by Crippen LogP contribution is 2.25. The van der Waals surface area contributed by atoms with Gasteiger partial charge < -0.3 is 10.1 Å². The molecule has 5 heteroatoms. The SMILES string of the molecule is COC(=O)C1CCC(NC(=O)c2ncccc2C)CC1. The summed E-state index contributed by atoms with van der Waals surface area (Å²) in [6.45, 7) is 1.87. The third kappa shape index (κ3) is 3.35. The van der Waals surface area contributed by atoms with Gasteiger partial charge in [-0.15, -0.1) is 0 Å². The first-order chi connectivity index (χ1) is 9.61. The van der Waals surface area contributed by atoms with Crippen LogP contribution in [0.1, 0.15) is 41.7 Å². The van der Waals surface area contributed by atoms with Gasteiger partial charge in [0.1, 0.15) is 5.69 Å². The fraction of sp³-hybridized carbons (Fsp3) is 0.533. The molecule has 0 radical (unpaired) electrons. The van der Waals surface area contributed by atoms with E-state index in [0.717, 1.165) is 31.2 Å². The average Bonchev–Trinajstić information content (AvgIpc) is 2.47. The van der Waals surface area contributed by atoms with Crippen molar-refractivity contribution in [3.8, 4) is 0 Å². The van der Waals surface area contributed by atoms with E-state index in [0.29, 0.717) is 5.69 Å². The number of ether oxygens (including phenoxy) is 1. The van der Waals surface area contributed by atoms with E-state index in [2.05, 4.69) is 10.3 Å². The Labute approximate surface area is 118 Å². The van der Waals surface area contributed by atoms with Crippen LogP contribution < -0.4 is 5.32 Å². The van der Waals surface area contributed by atoms with E-state index >= 15 is 0 Å². The van der Waals surface area contributed by atoms with Crippen LogP contribution in [0.5, 0.6) is 0 Å². The highest BCUT2D eigenvalue weighted by molar-refractivity contribution is 5.93. The summed E-state index contributed by atoms with van der Waals surface area (Å²) in [5.74, 6) is -0.301. The van der Waals surface area contributed by atoms with Crippen LogP contribution in [0.2, 0.25) is 0 Å². The molecule has 1 amide bonds. The van der Waals surface area contributed by atoms with Crippen molar-refractivity contribution in [2.45, 2.75) is 38.6 Å². The molecule has 20 heavy (non-hydrogen) atoms.